The molecule has 0 fully saturated rings. The SMILES string of the molecule is C=CC(C)=CC=CC(C)=CC(=O)OCCCC. The molecule has 0 aliphatic carbocycles. The molecule has 0 aliphatic heterocycles. The highest BCUT2D eigenvalue weighted by atomic mass is 16.5. The molecule has 0 N–H and O–H groups in total. The molecule has 0 aromatic heterocycles. The van der Waals surface area contributed by atoms with Gasteiger partial charge in [-0.2, -0.15) is 0 Å². The maximum atomic E-state index is 11.3. The van der Waals surface area contributed by atoms with Gasteiger partial charge in [-0.25, -0.2) is 4.79 Å². The summed E-state index contributed by atoms with van der Waals surface area (Å²) in [5.74, 6) is -0.273. The second-order valence-corrected chi connectivity index (χ2v) is 3.88. The van der Waals surface area contributed by atoms with E-state index in [9.17, 15) is 4.79 Å². The molecule has 0 bridgehead atoms. The van der Waals surface area contributed by atoms with Crippen LogP contribution in [0, 0.1) is 0 Å². The normalized spacial score (nSPS) is 12.9. The van der Waals surface area contributed by atoms with Crippen molar-refractivity contribution in [3.63, 3.8) is 0 Å². The minimum Gasteiger partial charge on any atom is -0.463 e. The molecule has 0 heterocycles. The van der Waals surface area contributed by atoms with Crippen molar-refractivity contribution in [1.29, 1.82) is 0 Å². The van der Waals surface area contributed by atoms with E-state index in [1.807, 2.05) is 32.1 Å². The van der Waals surface area contributed by atoms with Gasteiger partial charge in [0.25, 0.3) is 0 Å². The van der Waals surface area contributed by atoms with E-state index in [1.165, 1.54) is 6.08 Å². The molecule has 0 saturated heterocycles. The van der Waals surface area contributed by atoms with Crippen LogP contribution >= 0.6 is 0 Å². The Bertz CT molecular complexity index is 333. The predicted molar refractivity (Wildman–Crippen MR) is 72.7 cm³/mol. The molecule has 17 heavy (non-hydrogen) atoms. The second kappa shape index (κ2) is 9.64. The summed E-state index contributed by atoms with van der Waals surface area (Å²) >= 11 is 0. The molecule has 0 atom stereocenters. The van der Waals surface area contributed by atoms with Crippen molar-refractivity contribution in [3.05, 3.63) is 48.1 Å². The summed E-state index contributed by atoms with van der Waals surface area (Å²) < 4.78 is 5.02. The number of unbranched alkanes of at least 4 members (excludes halogenated alkanes) is 1. The lowest BCUT2D eigenvalue weighted by Gasteiger charge is -1.99. The monoisotopic (exact) mass is 234 g/mol. The van der Waals surface area contributed by atoms with E-state index >= 15 is 0 Å². The number of allylic oxidation sites excluding steroid dienone is 6. The Labute approximate surface area is 104 Å². The molecule has 0 aliphatic rings. The number of carbonyl (C=O) groups is 1. The first kappa shape index (κ1) is 15.4. The smallest absolute Gasteiger partial charge is 0.331 e. The zero-order chi connectivity index (χ0) is 13.1. The first-order valence-corrected chi connectivity index (χ1v) is 5.92. The van der Waals surface area contributed by atoms with Gasteiger partial charge in [-0.3, -0.25) is 0 Å². The molecule has 0 aromatic carbocycles. The van der Waals surface area contributed by atoms with Gasteiger partial charge in [0.1, 0.15) is 0 Å². The Morgan fingerprint density at radius 2 is 2.00 bits per heavy atom. The molecule has 0 spiro atoms. The summed E-state index contributed by atoms with van der Waals surface area (Å²) in [6, 6.07) is 0. The first-order chi connectivity index (χ1) is 8.10. The van der Waals surface area contributed by atoms with Crippen LogP contribution in [0.4, 0.5) is 0 Å². The summed E-state index contributed by atoms with van der Waals surface area (Å²) in [5, 5.41) is 0. The van der Waals surface area contributed by atoms with Crippen molar-refractivity contribution < 1.29 is 9.53 Å². The minimum atomic E-state index is -0.273. The Hall–Kier alpha value is -1.57. The fourth-order valence-electron chi connectivity index (χ4n) is 1.01. The standard InChI is InChI=1S/C15H22O2/c1-5-7-11-17-15(16)12-14(4)10-8-9-13(3)6-2/h6,8-10,12H,2,5,7,11H2,1,3-4H3. The third kappa shape index (κ3) is 9.36. The van der Waals surface area contributed by atoms with E-state index in [-0.39, 0.29) is 5.97 Å². The largest absolute Gasteiger partial charge is 0.463 e. The number of esters is 1. The minimum absolute atomic E-state index is 0.273. The molecule has 94 valence electrons. The van der Waals surface area contributed by atoms with Crippen LogP contribution in [-0.4, -0.2) is 12.6 Å². The van der Waals surface area contributed by atoms with E-state index < -0.39 is 0 Å². The summed E-state index contributed by atoms with van der Waals surface area (Å²) in [7, 11) is 0. The van der Waals surface area contributed by atoms with Crippen molar-refractivity contribution >= 4 is 5.97 Å². The van der Waals surface area contributed by atoms with Gasteiger partial charge in [0.05, 0.1) is 6.61 Å². The van der Waals surface area contributed by atoms with Crippen molar-refractivity contribution in [2.24, 2.45) is 0 Å². The average molecular weight is 234 g/mol. The van der Waals surface area contributed by atoms with Crippen molar-refractivity contribution in [2.45, 2.75) is 33.6 Å². The van der Waals surface area contributed by atoms with Gasteiger partial charge in [-0.05, 0) is 25.8 Å². The van der Waals surface area contributed by atoms with Crippen molar-refractivity contribution in [2.75, 3.05) is 6.61 Å². The molecule has 0 unspecified atom stereocenters. The van der Waals surface area contributed by atoms with Gasteiger partial charge in [-0.15, -0.1) is 0 Å². The molecular weight excluding hydrogens is 212 g/mol. The molecule has 0 rings (SSSR count). The topological polar surface area (TPSA) is 26.3 Å². The van der Waals surface area contributed by atoms with Crippen LogP contribution in [-0.2, 0) is 9.53 Å². The van der Waals surface area contributed by atoms with Crippen LogP contribution in [0.15, 0.2) is 48.1 Å². The van der Waals surface area contributed by atoms with Crippen LogP contribution in [0.2, 0.25) is 0 Å². The Balaban J connectivity index is 4.16. The number of rotatable bonds is 7. The highest BCUT2D eigenvalue weighted by Crippen LogP contribution is 2.00. The lowest BCUT2D eigenvalue weighted by Crippen LogP contribution is -2.02. The quantitative estimate of drug-likeness (QED) is 0.288. The highest BCUT2D eigenvalue weighted by molar-refractivity contribution is 5.83. The van der Waals surface area contributed by atoms with Crippen molar-refractivity contribution in [1.82, 2.24) is 0 Å². The fraction of sp³-hybridized carbons (Fsp3) is 0.400. The second-order valence-electron chi connectivity index (χ2n) is 3.88. The molecular formula is C15H22O2. The predicted octanol–water partition coefficient (Wildman–Crippen LogP) is 3.96. The molecule has 0 amide bonds. The van der Waals surface area contributed by atoms with Crippen LogP contribution < -0.4 is 0 Å². The molecule has 0 radical (unpaired) electrons. The molecule has 0 saturated carbocycles. The van der Waals surface area contributed by atoms with E-state index in [0.29, 0.717) is 6.61 Å². The Morgan fingerprint density at radius 1 is 1.29 bits per heavy atom. The Morgan fingerprint density at radius 3 is 2.59 bits per heavy atom. The summed E-state index contributed by atoms with van der Waals surface area (Å²) in [4.78, 5) is 11.3. The number of hydrogen-bond donors (Lipinski definition) is 0. The van der Waals surface area contributed by atoms with Gasteiger partial charge in [0.2, 0.25) is 0 Å². The third-order valence-corrected chi connectivity index (χ3v) is 2.13. The third-order valence-electron chi connectivity index (χ3n) is 2.13. The van der Waals surface area contributed by atoms with Gasteiger partial charge in [-0.1, -0.05) is 49.8 Å². The van der Waals surface area contributed by atoms with Gasteiger partial charge in [0, 0.05) is 6.08 Å². The summed E-state index contributed by atoms with van der Waals surface area (Å²) in [6.07, 6.45) is 10.9. The summed E-state index contributed by atoms with van der Waals surface area (Å²) in [5.41, 5.74) is 1.96. The van der Waals surface area contributed by atoms with Gasteiger partial charge in [0.15, 0.2) is 0 Å². The highest BCUT2D eigenvalue weighted by Gasteiger charge is 1.96. The number of carbonyl (C=O) groups excluding carboxylic acids is 1. The molecule has 0 aromatic rings. The lowest BCUT2D eigenvalue weighted by atomic mass is 10.2. The zero-order valence-electron chi connectivity index (χ0n) is 11.0. The Kier molecular flexibility index (Phi) is 8.75. The maximum absolute atomic E-state index is 11.3. The van der Waals surface area contributed by atoms with Gasteiger partial charge < -0.3 is 4.74 Å². The number of hydrogen-bond acceptors (Lipinski definition) is 2. The lowest BCUT2D eigenvalue weighted by molar-refractivity contribution is -0.137. The van der Waals surface area contributed by atoms with Gasteiger partial charge >= 0.3 is 5.97 Å². The molecule has 2 heteroatoms. The van der Waals surface area contributed by atoms with E-state index in [1.54, 1.807) is 6.08 Å². The van der Waals surface area contributed by atoms with Crippen molar-refractivity contribution in [3.8, 4) is 0 Å². The number of ether oxygens (including phenoxy) is 1. The van der Waals surface area contributed by atoms with E-state index in [4.69, 9.17) is 4.74 Å². The molecule has 2 nitrogen and oxygen atoms in total. The van der Waals surface area contributed by atoms with Crippen LogP contribution in [0.5, 0.6) is 0 Å². The average Bonchev–Trinajstić information content (AvgIpc) is 2.29. The van der Waals surface area contributed by atoms with Crippen LogP contribution in [0.1, 0.15) is 33.6 Å². The van der Waals surface area contributed by atoms with Crippen LogP contribution in [0.3, 0.4) is 0 Å². The first-order valence-electron chi connectivity index (χ1n) is 5.92. The zero-order valence-corrected chi connectivity index (χ0v) is 11.0. The fourth-order valence-corrected chi connectivity index (χ4v) is 1.01. The van der Waals surface area contributed by atoms with Crippen LogP contribution in [0.25, 0.3) is 0 Å². The van der Waals surface area contributed by atoms with E-state index in [2.05, 4.69) is 13.5 Å². The van der Waals surface area contributed by atoms with E-state index in [0.717, 1.165) is 24.0 Å². The summed E-state index contributed by atoms with van der Waals surface area (Å²) in [6.45, 7) is 10.1. The maximum Gasteiger partial charge on any atom is 0.331 e.